The molecule has 2 amide bonds. The first-order valence-electron chi connectivity index (χ1n) is 11.2. The number of oxime groups is 1. The number of nitrogen functional groups attached to an aromatic ring is 1. The van der Waals surface area contributed by atoms with Gasteiger partial charge in [0.1, 0.15) is 22.8 Å². The second-order valence-corrected chi connectivity index (χ2v) is 11.2. The number of anilines is 1. The normalized spacial score (nSPS) is 18.1. The largest absolute Gasteiger partial charge is 1.00 e. The fraction of sp³-hybridized carbons (Fsp3) is 0.273. The number of amides is 2. The van der Waals surface area contributed by atoms with Crippen LogP contribution < -0.4 is 45.2 Å². The average Bonchev–Trinajstić information content (AvgIpc) is 3.33. The summed E-state index contributed by atoms with van der Waals surface area (Å²) in [6, 6.07) is 2.35. The van der Waals surface area contributed by atoms with Gasteiger partial charge >= 0.3 is 47.5 Å². The number of thiazole rings is 1. The zero-order valence-electron chi connectivity index (χ0n) is 22.3. The maximum atomic E-state index is 13.0. The van der Waals surface area contributed by atoms with Crippen LogP contribution in [0.25, 0.3) is 0 Å². The number of nitrogens with two attached hydrogens (primary N) is 1. The topological polar surface area (TPSA) is 226 Å². The molecule has 0 unspecified atom stereocenters. The van der Waals surface area contributed by atoms with Crippen LogP contribution in [0.3, 0.4) is 0 Å². The Labute approximate surface area is 267 Å². The predicted molar refractivity (Wildman–Crippen MR) is 142 cm³/mol. The Morgan fingerprint density at radius 2 is 1.95 bits per heavy atom. The molecule has 212 valence electrons. The van der Waals surface area contributed by atoms with Gasteiger partial charge in [-0.25, -0.2) is 19.4 Å². The molecule has 15 nitrogen and oxygen atoms in total. The molecule has 0 saturated carbocycles. The number of hydrogen-bond donors (Lipinski definition) is 5. The summed E-state index contributed by atoms with van der Waals surface area (Å²) in [5.41, 5.74) is 5.61. The van der Waals surface area contributed by atoms with Crippen molar-refractivity contribution in [3.8, 4) is 0 Å². The van der Waals surface area contributed by atoms with Crippen LogP contribution in [0, 0.1) is 0 Å². The van der Waals surface area contributed by atoms with Crippen LogP contribution in [0.4, 0.5) is 5.13 Å². The molecular formula is C22H22N6NaO9S3+. The first-order valence-corrected chi connectivity index (χ1v) is 14.1. The number of thioether (sulfide) groups is 2. The number of nitrogens with one attached hydrogen (secondary N) is 1. The molecule has 2 aliphatic heterocycles. The second kappa shape index (κ2) is 14.1. The summed E-state index contributed by atoms with van der Waals surface area (Å²) in [6.07, 6.45) is 3.20. The summed E-state index contributed by atoms with van der Waals surface area (Å²) in [6.45, 7) is -1.00. The predicted octanol–water partition coefficient (Wildman–Crippen LogP) is -3.45. The number of fused-ring (bicyclic) bond motifs is 1. The SMILES string of the molecule is Nc1nc(/C(=N/OCC(=O)O)C(=O)N[C@@H]2C(=O)N3C(C(=O)O)=C(CSc4cc[n+](CC(=O)O)cc4)CS[C@H]23)cs1.[H-].[Na+]. The molecule has 4 heterocycles. The van der Waals surface area contributed by atoms with E-state index in [4.69, 9.17) is 20.8 Å². The number of carboxylic acid groups (broad SMARTS) is 3. The number of carboxylic acids is 3. The van der Waals surface area contributed by atoms with Crippen molar-refractivity contribution in [2.45, 2.75) is 22.9 Å². The Bertz CT molecular complexity index is 1440. The monoisotopic (exact) mass is 633 g/mol. The molecular weight excluding hydrogens is 611 g/mol. The van der Waals surface area contributed by atoms with Gasteiger partial charge in [-0.05, 0) is 5.57 Å². The number of β-lactam (4-membered cyclic amide) rings is 1. The third-order valence-corrected chi connectivity index (χ3v) is 8.56. The number of aromatic nitrogens is 2. The number of aliphatic carboxylic acids is 3. The number of nitrogens with zero attached hydrogens (tertiary/aromatic N) is 4. The first kappa shape index (κ1) is 32.4. The van der Waals surface area contributed by atoms with Crippen molar-refractivity contribution in [3.05, 3.63) is 46.9 Å². The van der Waals surface area contributed by atoms with E-state index in [1.54, 1.807) is 24.5 Å². The van der Waals surface area contributed by atoms with Crippen LogP contribution in [0.15, 0.2) is 51.2 Å². The third-order valence-electron chi connectivity index (χ3n) is 5.45. The Morgan fingerprint density at radius 1 is 1.24 bits per heavy atom. The van der Waals surface area contributed by atoms with E-state index in [1.807, 2.05) is 0 Å². The van der Waals surface area contributed by atoms with E-state index in [2.05, 4.69) is 15.5 Å². The van der Waals surface area contributed by atoms with Crippen molar-refractivity contribution in [2.75, 3.05) is 23.8 Å². The standard InChI is InChI=1S/C22H20N6O9S3.Na.H/c23-22-24-12(9-40-22)15(26-37-6-14(31)32)18(33)25-16-19(34)28-17(21(35)36)10(8-39-20(16)28)7-38-11-1-3-27(4-2-11)5-13(29)30;;/h1-4,9,16,20H,5-8H2,(H5-,23,24,25,29,30,31,32,33,35,36);;/q;+1;-1/p+1/b26-15-;;/t16-,20-;;/m1../s1. The van der Waals surface area contributed by atoms with Crippen molar-refractivity contribution >= 4 is 75.4 Å². The number of rotatable bonds is 12. The molecule has 0 bridgehead atoms. The van der Waals surface area contributed by atoms with Crippen molar-refractivity contribution < 1.29 is 79.7 Å². The van der Waals surface area contributed by atoms with E-state index in [0.717, 1.165) is 21.1 Å². The minimum Gasteiger partial charge on any atom is -1.00 e. The summed E-state index contributed by atoms with van der Waals surface area (Å²) < 4.78 is 1.49. The fourth-order valence-electron chi connectivity index (χ4n) is 3.73. The molecule has 6 N–H and O–H groups in total. The Kier molecular flexibility index (Phi) is 11.2. The second-order valence-electron chi connectivity index (χ2n) is 8.18. The minimum atomic E-state index is -1.32. The summed E-state index contributed by atoms with van der Waals surface area (Å²) in [5, 5.41) is 34.5. The maximum absolute atomic E-state index is 13.0. The van der Waals surface area contributed by atoms with Crippen LogP contribution >= 0.6 is 34.9 Å². The number of carbonyl (C=O) groups is 5. The molecule has 1 saturated heterocycles. The van der Waals surface area contributed by atoms with Gasteiger partial charge in [-0.3, -0.25) is 14.5 Å². The van der Waals surface area contributed by atoms with Gasteiger partial charge in [0.2, 0.25) is 13.2 Å². The quantitative estimate of drug-likeness (QED) is 0.0383. The van der Waals surface area contributed by atoms with Gasteiger partial charge in [-0.1, -0.05) is 5.16 Å². The molecule has 0 aromatic carbocycles. The van der Waals surface area contributed by atoms with Crippen molar-refractivity contribution in [1.82, 2.24) is 15.2 Å². The van der Waals surface area contributed by atoms with Gasteiger partial charge in [-0.15, -0.1) is 34.9 Å². The van der Waals surface area contributed by atoms with Gasteiger partial charge in [-0.2, -0.15) is 4.57 Å². The maximum Gasteiger partial charge on any atom is 1.00 e. The smallest absolute Gasteiger partial charge is 1.00 e. The molecule has 0 radical (unpaired) electrons. The molecule has 19 heteroatoms. The zero-order chi connectivity index (χ0) is 29.0. The number of hydrogen-bond acceptors (Lipinski definition) is 12. The van der Waals surface area contributed by atoms with E-state index < -0.39 is 47.7 Å². The van der Waals surface area contributed by atoms with Crippen LogP contribution in [0.5, 0.6) is 0 Å². The molecule has 0 spiro atoms. The summed E-state index contributed by atoms with van der Waals surface area (Å²) >= 11 is 3.63. The van der Waals surface area contributed by atoms with Gasteiger partial charge in [0.05, 0.1) is 0 Å². The molecule has 41 heavy (non-hydrogen) atoms. The van der Waals surface area contributed by atoms with E-state index in [-0.39, 0.29) is 71.3 Å². The van der Waals surface area contributed by atoms with Crippen molar-refractivity contribution in [3.63, 3.8) is 0 Å². The first-order chi connectivity index (χ1) is 19.0. The van der Waals surface area contributed by atoms with Gasteiger partial charge < -0.3 is 32.6 Å². The Balaban J connectivity index is 0.00000308. The van der Waals surface area contributed by atoms with Crippen LogP contribution in [-0.2, 0) is 35.4 Å². The molecule has 0 aliphatic carbocycles. The number of carbonyl (C=O) groups excluding carboxylic acids is 2. The van der Waals surface area contributed by atoms with E-state index in [0.29, 0.717) is 5.57 Å². The number of pyridine rings is 1. The summed E-state index contributed by atoms with van der Waals surface area (Å²) in [7, 11) is 0. The van der Waals surface area contributed by atoms with E-state index >= 15 is 0 Å². The minimum absolute atomic E-state index is 0. The molecule has 2 aromatic heterocycles. The molecule has 4 rings (SSSR count). The molecule has 2 atom stereocenters. The zero-order valence-corrected chi connectivity index (χ0v) is 25.7. The van der Waals surface area contributed by atoms with Crippen LogP contribution in [0.2, 0.25) is 0 Å². The summed E-state index contributed by atoms with van der Waals surface area (Å²) in [4.78, 5) is 70.3. The van der Waals surface area contributed by atoms with E-state index in [1.165, 1.54) is 33.5 Å². The molecule has 1 fully saturated rings. The van der Waals surface area contributed by atoms with Crippen molar-refractivity contribution in [1.29, 1.82) is 0 Å². The summed E-state index contributed by atoms with van der Waals surface area (Å²) in [5.74, 6) is -4.54. The van der Waals surface area contributed by atoms with Gasteiger partial charge in [0.25, 0.3) is 11.8 Å². The molecule has 2 aliphatic rings. The van der Waals surface area contributed by atoms with Crippen molar-refractivity contribution in [2.24, 2.45) is 5.16 Å². The average molecular weight is 634 g/mol. The Hall–Kier alpha value is -3.16. The van der Waals surface area contributed by atoms with Crippen LogP contribution in [0.1, 0.15) is 7.12 Å². The van der Waals surface area contributed by atoms with Crippen LogP contribution in [-0.4, -0.2) is 90.2 Å². The Morgan fingerprint density at radius 3 is 2.54 bits per heavy atom. The van der Waals surface area contributed by atoms with Gasteiger partial charge in [0, 0.05) is 33.9 Å². The van der Waals surface area contributed by atoms with E-state index in [9.17, 15) is 29.1 Å². The fourth-order valence-corrected chi connectivity index (χ4v) is 6.65. The van der Waals surface area contributed by atoms with Gasteiger partial charge in [0.15, 0.2) is 23.2 Å². The third kappa shape index (κ3) is 7.77. The molecule has 2 aromatic rings.